The molecule has 0 aliphatic rings. The van der Waals surface area contributed by atoms with Crippen LogP contribution in [0.25, 0.3) is 0 Å². The number of aromatic nitrogens is 1. The van der Waals surface area contributed by atoms with E-state index in [9.17, 15) is 5.11 Å². The van der Waals surface area contributed by atoms with Crippen molar-refractivity contribution >= 4 is 0 Å². The summed E-state index contributed by atoms with van der Waals surface area (Å²) in [4.78, 5) is 0. The largest absolute Gasteiger partial charge is 0.392 e. The van der Waals surface area contributed by atoms with Gasteiger partial charge < -0.3 is 15.0 Å². The molecule has 1 atom stereocenters. The van der Waals surface area contributed by atoms with Gasteiger partial charge in [-0.1, -0.05) is 13.3 Å². The summed E-state index contributed by atoms with van der Waals surface area (Å²) >= 11 is 0. The zero-order chi connectivity index (χ0) is 11.1. The van der Waals surface area contributed by atoms with E-state index in [4.69, 9.17) is 0 Å². The van der Waals surface area contributed by atoms with Gasteiger partial charge in [0.2, 0.25) is 0 Å². The number of hydrogen-bond donors (Lipinski definition) is 2. The second kappa shape index (κ2) is 6.64. The average Bonchev–Trinajstić information content (AvgIpc) is 2.66. The van der Waals surface area contributed by atoms with Crippen molar-refractivity contribution in [1.29, 1.82) is 0 Å². The second-order valence-electron chi connectivity index (χ2n) is 3.92. The highest BCUT2D eigenvalue weighted by atomic mass is 16.3. The Kier molecular flexibility index (Phi) is 5.43. The zero-order valence-corrected chi connectivity index (χ0v) is 9.74. The maximum atomic E-state index is 9.51. The monoisotopic (exact) mass is 210 g/mol. The van der Waals surface area contributed by atoms with E-state index in [1.807, 2.05) is 0 Å². The Labute approximate surface area is 92.1 Å². The summed E-state index contributed by atoms with van der Waals surface area (Å²) in [6, 6.07) is 2.11. The van der Waals surface area contributed by atoms with Gasteiger partial charge in [-0.2, -0.15) is 0 Å². The molecule has 0 bridgehead atoms. The molecule has 0 fully saturated rings. The van der Waals surface area contributed by atoms with Crippen molar-refractivity contribution in [2.45, 2.75) is 45.9 Å². The van der Waals surface area contributed by atoms with E-state index < -0.39 is 0 Å². The number of aryl methyl sites for hydroxylation is 1. The van der Waals surface area contributed by atoms with Crippen LogP contribution in [0.2, 0.25) is 0 Å². The van der Waals surface area contributed by atoms with Gasteiger partial charge >= 0.3 is 0 Å². The molecular weight excluding hydrogens is 188 g/mol. The molecule has 0 spiro atoms. The molecule has 1 aromatic rings. The molecule has 0 aliphatic heterocycles. The van der Waals surface area contributed by atoms with Gasteiger partial charge in [0, 0.05) is 32.0 Å². The molecule has 3 nitrogen and oxygen atoms in total. The second-order valence-corrected chi connectivity index (χ2v) is 3.92. The van der Waals surface area contributed by atoms with Crippen molar-refractivity contribution in [2.75, 3.05) is 6.54 Å². The minimum Gasteiger partial charge on any atom is -0.392 e. The third kappa shape index (κ3) is 4.49. The third-order valence-electron chi connectivity index (χ3n) is 2.51. The van der Waals surface area contributed by atoms with E-state index in [2.05, 4.69) is 42.2 Å². The Morgan fingerprint density at radius 1 is 1.47 bits per heavy atom. The van der Waals surface area contributed by atoms with Gasteiger partial charge in [0.1, 0.15) is 0 Å². The van der Waals surface area contributed by atoms with Crippen molar-refractivity contribution in [3.63, 3.8) is 0 Å². The molecule has 1 unspecified atom stereocenters. The summed E-state index contributed by atoms with van der Waals surface area (Å²) in [6.07, 6.45) is 5.93. The minimum atomic E-state index is -0.205. The van der Waals surface area contributed by atoms with Crippen molar-refractivity contribution in [3.8, 4) is 0 Å². The van der Waals surface area contributed by atoms with Crippen LogP contribution in [0.1, 0.15) is 32.3 Å². The van der Waals surface area contributed by atoms with E-state index in [-0.39, 0.29) is 6.10 Å². The SMILES string of the molecule is CCCC(O)CNCc1ccn(CC)c1. The van der Waals surface area contributed by atoms with Crippen LogP contribution in [0, 0.1) is 0 Å². The number of aliphatic hydroxyl groups excluding tert-OH is 1. The van der Waals surface area contributed by atoms with E-state index in [1.54, 1.807) is 0 Å². The standard InChI is InChI=1S/C12H22N2O/c1-3-5-12(15)9-13-8-11-6-7-14(4-2)10-11/h6-7,10,12-13,15H,3-5,8-9H2,1-2H3. The summed E-state index contributed by atoms with van der Waals surface area (Å²) in [5, 5.41) is 12.8. The molecule has 3 heteroatoms. The Bertz CT molecular complexity index is 270. The topological polar surface area (TPSA) is 37.2 Å². The van der Waals surface area contributed by atoms with Crippen LogP contribution in [0.5, 0.6) is 0 Å². The Morgan fingerprint density at radius 3 is 2.87 bits per heavy atom. The van der Waals surface area contributed by atoms with Gasteiger partial charge in [0.05, 0.1) is 6.10 Å². The first kappa shape index (κ1) is 12.3. The van der Waals surface area contributed by atoms with Crippen molar-refractivity contribution in [2.24, 2.45) is 0 Å². The fraction of sp³-hybridized carbons (Fsp3) is 0.667. The highest BCUT2D eigenvalue weighted by Crippen LogP contribution is 2.01. The Balaban J connectivity index is 2.19. The van der Waals surface area contributed by atoms with Gasteiger partial charge in [-0.05, 0) is 25.0 Å². The molecular formula is C12H22N2O. The van der Waals surface area contributed by atoms with Crippen LogP contribution in [0.3, 0.4) is 0 Å². The van der Waals surface area contributed by atoms with Gasteiger partial charge in [0.25, 0.3) is 0 Å². The van der Waals surface area contributed by atoms with Gasteiger partial charge in [-0.25, -0.2) is 0 Å². The third-order valence-corrected chi connectivity index (χ3v) is 2.51. The Morgan fingerprint density at radius 2 is 2.27 bits per heavy atom. The smallest absolute Gasteiger partial charge is 0.0664 e. The summed E-state index contributed by atoms with van der Waals surface area (Å²) < 4.78 is 2.15. The minimum absolute atomic E-state index is 0.205. The van der Waals surface area contributed by atoms with E-state index >= 15 is 0 Å². The lowest BCUT2D eigenvalue weighted by Crippen LogP contribution is -2.26. The molecule has 86 valence electrons. The van der Waals surface area contributed by atoms with Crippen molar-refractivity contribution in [3.05, 3.63) is 24.0 Å². The first-order chi connectivity index (χ1) is 7.26. The van der Waals surface area contributed by atoms with E-state index in [1.165, 1.54) is 5.56 Å². The van der Waals surface area contributed by atoms with Gasteiger partial charge in [0.15, 0.2) is 0 Å². The molecule has 15 heavy (non-hydrogen) atoms. The van der Waals surface area contributed by atoms with Crippen molar-refractivity contribution in [1.82, 2.24) is 9.88 Å². The molecule has 2 N–H and O–H groups in total. The molecule has 0 saturated heterocycles. The molecule has 0 saturated carbocycles. The number of rotatable bonds is 7. The van der Waals surface area contributed by atoms with E-state index in [0.29, 0.717) is 6.54 Å². The lowest BCUT2D eigenvalue weighted by Gasteiger charge is -2.09. The summed E-state index contributed by atoms with van der Waals surface area (Å²) in [5.74, 6) is 0. The fourth-order valence-corrected chi connectivity index (χ4v) is 1.61. The van der Waals surface area contributed by atoms with Crippen LogP contribution >= 0.6 is 0 Å². The first-order valence-electron chi connectivity index (χ1n) is 5.79. The van der Waals surface area contributed by atoms with Crippen LogP contribution in [0.15, 0.2) is 18.5 Å². The predicted octanol–water partition coefficient (Wildman–Crippen LogP) is 1.76. The molecule has 1 aromatic heterocycles. The van der Waals surface area contributed by atoms with Crippen LogP contribution in [0.4, 0.5) is 0 Å². The van der Waals surface area contributed by atoms with Crippen LogP contribution in [-0.2, 0) is 13.1 Å². The number of aliphatic hydroxyl groups is 1. The predicted molar refractivity (Wildman–Crippen MR) is 62.7 cm³/mol. The zero-order valence-electron chi connectivity index (χ0n) is 9.74. The molecule has 1 rings (SSSR count). The molecule has 0 aliphatic carbocycles. The van der Waals surface area contributed by atoms with Gasteiger partial charge in [-0.15, -0.1) is 0 Å². The normalized spacial score (nSPS) is 13.0. The molecule has 0 amide bonds. The highest BCUT2D eigenvalue weighted by molar-refractivity contribution is 5.09. The maximum Gasteiger partial charge on any atom is 0.0664 e. The van der Waals surface area contributed by atoms with Crippen molar-refractivity contribution < 1.29 is 5.11 Å². The number of nitrogens with one attached hydrogen (secondary N) is 1. The first-order valence-corrected chi connectivity index (χ1v) is 5.79. The number of hydrogen-bond acceptors (Lipinski definition) is 2. The average molecular weight is 210 g/mol. The summed E-state index contributed by atoms with van der Waals surface area (Å²) in [6.45, 7) is 6.75. The summed E-state index contributed by atoms with van der Waals surface area (Å²) in [7, 11) is 0. The molecule has 1 heterocycles. The quantitative estimate of drug-likeness (QED) is 0.719. The summed E-state index contributed by atoms with van der Waals surface area (Å²) in [5.41, 5.74) is 1.28. The van der Waals surface area contributed by atoms with Crippen LogP contribution < -0.4 is 5.32 Å². The number of nitrogens with zero attached hydrogens (tertiary/aromatic N) is 1. The molecule has 0 radical (unpaired) electrons. The lowest BCUT2D eigenvalue weighted by molar-refractivity contribution is 0.160. The van der Waals surface area contributed by atoms with E-state index in [0.717, 1.165) is 25.9 Å². The maximum absolute atomic E-state index is 9.51. The van der Waals surface area contributed by atoms with Gasteiger partial charge in [-0.3, -0.25) is 0 Å². The highest BCUT2D eigenvalue weighted by Gasteiger charge is 2.01. The lowest BCUT2D eigenvalue weighted by atomic mass is 10.2. The Hall–Kier alpha value is -0.800. The fourth-order valence-electron chi connectivity index (χ4n) is 1.61. The van der Waals surface area contributed by atoms with Crippen LogP contribution in [-0.4, -0.2) is 22.3 Å². The molecule has 0 aromatic carbocycles.